The first-order valence-electron chi connectivity index (χ1n) is 6.15. The third-order valence-electron chi connectivity index (χ3n) is 2.32. The zero-order chi connectivity index (χ0) is 12.2. The summed E-state index contributed by atoms with van der Waals surface area (Å²) < 4.78 is 10.2. The van der Waals surface area contributed by atoms with Crippen molar-refractivity contribution in [2.45, 2.75) is 45.6 Å². The average Bonchev–Trinajstić information content (AvgIpc) is 2.31. The van der Waals surface area contributed by atoms with Gasteiger partial charge in [-0.3, -0.25) is 4.79 Å². The van der Waals surface area contributed by atoms with Gasteiger partial charge in [-0.2, -0.15) is 0 Å². The van der Waals surface area contributed by atoms with Gasteiger partial charge in [-0.05, 0) is 25.8 Å². The summed E-state index contributed by atoms with van der Waals surface area (Å²) in [6.07, 6.45) is 3.89. The topological polar surface area (TPSA) is 47.6 Å². The Balaban J connectivity index is 3.69. The monoisotopic (exact) mass is 231 g/mol. The van der Waals surface area contributed by atoms with Crippen LogP contribution in [0.5, 0.6) is 0 Å². The van der Waals surface area contributed by atoms with E-state index in [9.17, 15) is 4.79 Å². The molecule has 0 rings (SSSR count). The van der Waals surface area contributed by atoms with E-state index in [0.717, 1.165) is 32.4 Å². The third-order valence-corrected chi connectivity index (χ3v) is 2.32. The van der Waals surface area contributed by atoms with Crippen LogP contribution in [-0.2, 0) is 14.3 Å². The number of carbonyl (C=O) groups is 1. The molecular weight excluding hydrogens is 206 g/mol. The van der Waals surface area contributed by atoms with Crippen LogP contribution in [0.15, 0.2) is 0 Å². The molecule has 0 aromatic rings. The van der Waals surface area contributed by atoms with Gasteiger partial charge in [-0.25, -0.2) is 0 Å². The molecule has 4 heteroatoms. The number of methoxy groups -OCH3 is 1. The van der Waals surface area contributed by atoms with Crippen LogP contribution in [0.3, 0.4) is 0 Å². The van der Waals surface area contributed by atoms with Crippen molar-refractivity contribution in [2.75, 3.05) is 26.9 Å². The van der Waals surface area contributed by atoms with Gasteiger partial charge in [-0.1, -0.05) is 20.3 Å². The molecule has 0 bridgehead atoms. The Hall–Kier alpha value is -0.610. The molecule has 0 amide bonds. The minimum absolute atomic E-state index is 0.201. The van der Waals surface area contributed by atoms with E-state index < -0.39 is 0 Å². The van der Waals surface area contributed by atoms with Crippen LogP contribution in [0.4, 0.5) is 0 Å². The lowest BCUT2D eigenvalue weighted by molar-refractivity contribution is -0.143. The number of nitrogens with one attached hydrogen (secondary N) is 1. The Morgan fingerprint density at radius 3 is 2.56 bits per heavy atom. The van der Waals surface area contributed by atoms with Crippen molar-refractivity contribution in [2.24, 2.45) is 0 Å². The van der Waals surface area contributed by atoms with Crippen LogP contribution < -0.4 is 5.32 Å². The summed E-state index contributed by atoms with van der Waals surface area (Å²) in [5.41, 5.74) is 0. The second-order valence-electron chi connectivity index (χ2n) is 3.78. The smallest absolute Gasteiger partial charge is 0.322 e. The number of unbranched alkanes of at least 4 members (excludes halogenated alkanes) is 1. The lowest BCUT2D eigenvalue weighted by Crippen LogP contribution is -2.39. The van der Waals surface area contributed by atoms with E-state index in [-0.39, 0.29) is 12.0 Å². The highest BCUT2D eigenvalue weighted by molar-refractivity contribution is 5.75. The van der Waals surface area contributed by atoms with Crippen LogP contribution in [0, 0.1) is 0 Å². The van der Waals surface area contributed by atoms with Crippen LogP contribution in [0.25, 0.3) is 0 Å². The fourth-order valence-electron chi connectivity index (χ4n) is 1.31. The van der Waals surface area contributed by atoms with Gasteiger partial charge in [0.15, 0.2) is 0 Å². The summed E-state index contributed by atoms with van der Waals surface area (Å²) in [7, 11) is 1.42. The standard InChI is InChI=1S/C12H25NO3/c1-4-6-9-16-10-7-11(12(14)15-3)13-8-5-2/h11,13H,4-10H2,1-3H3. The molecule has 0 aliphatic heterocycles. The van der Waals surface area contributed by atoms with E-state index in [1.54, 1.807) is 0 Å². The maximum absolute atomic E-state index is 11.4. The molecule has 0 saturated carbocycles. The molecule has 0 aromatic carbocycles. The summed E-state index contributed by atoms with van der Waals surface area (Å²) in [6, 6.07) is -0.230. The van der Waals surface area contributed by atoms with Gasteiger partial charge in [0.05, 0.1) is 7.11 Å². The normalized spacial score (nSPS) is 12.4. The number of rotatable bonds is 10. The predicted octanol–water partition coefficient (Wildman–Crippen LogP) is 1.73. The Morgan fingerprint density at radius 2 is 2.00 bits per heavy atom. The van der Waals surface area contributed by atoms with Gasteiger partial charge in [0.25, 0.3) is 0 Å². The minimum Gasteiger partial charge on any atom is -0.468 e. The zero-order valence-corrected chi connectivity index (χ0v) is 10.8. The SMILES string of the molecule is CCCCOCCC(NCCC)C(=O)OC. The fraction of sp³-hybridized carbons (Fsp3) is 0.917. The Morgan fingerprint density at radius 1 is 1.25 bits per heavy atom. The van der Waals surface area contributed by atoms with Gasteiger partial charge in [-0.15, -0.1) is 0 Å². The Bertz CT molecular complexity index is 174. The molecule has 0 spiro atoms. The number of hydrogen-bond acceptors (Lipinski definition) is 4. The summed E-state index contributed by atoms with van der Waals surface area (Å²) in [5.74, 6) is -0.201. The van der Waals surface area contributed by atoms with Gasteiger partial charge in [0, 0.05) is 13.2 Å². The van der Waals surface area contributed by atoms with E-state index in [4.69, 9.17) is 9.47 Å². The summed E-state index contributed by atoms with van der Waals surface area (Å²) >= 11 is 0. The van der Waals surface area contributed by atoms with E-state index in [2.05, 4.69) is 19.2 Å². The van der Waals surface area contributed by atoms with Crippen molar-refractivity contribution in [3.63, 3.8) is 0 Å². The number of carbonyl (C=O) groups excluding carboxylic acids is 1. The molecule has 0 heterocycles. The molecule has 4 nitrogen and oxygen atoms in total. The lowest BCUT2D eigenvalue weighted by Gasteiger charge is -2.15. The van der Waals surface area contributed by atoms with Crippen molar-refractivity contribution < 1.29 is 14.3 Å². The fourth-order valence-corrected chi connectivity index (χ4v) is 1.31. The molecular formula is C12H25NO3. The number of ether oxygens (including phenoxy) is 2. The first kappa shape index (κ1) is 15.4. The lowest BCUT2D eigenvalue weighted by atomic mass is 10.2. The Kier molecular flexibility index (Phi) is 10.5. The average molecular weight is 231 g/mol. The molecule has 0 aromatic heterocycles. The first-order valence-corrected chi connectivity index (χ1v) is 6.15. The van der Waals surface area contributed by atoms with E-state index in [1.807, 2.05) is 0 Å². The van der Waals surface area contributed by atoms with Gasteiger partial charge in [0.2, 0.25) is 0 Å². The minimum atomic E-state index is -0.230. The summed E-state index contributed by atoms with van der Waals surface area (Å²) in [5, 5.41) is 3.16. The van der Waals surface area contributed by atoms with Gasteiger partial charge >= 0.3 is 5.97 Å². The molecule has 1 atom stereocenters. The molecule has 1 unspecified atom stereocenters. The van der Waals surface area contributed by atoms with Gasteiger partial charge in [0.1, 0.15) is 6.04 Å². The summed E-state index contributed by atoms with van der Waals surface area (Å²) in [4.78, 5) is 11.4. The van der Waals surface area contributed by atoms with Crippen molar-refractivity contribution >= 4 is 5.97 Å². The third kappa shape index (κ3) is 7.65. The Labute approximate surface area is 98.7 Å². The maximum Gasteiger partial charge on any atom is 0.322 e. The largest absolute Gasteiger partial charge is 0.468 e. The maximum atomic E-state index is 11.4. The highest BCUT2D eigenvalue weighted by Crippen LogP contribution is 1.98. The van der Waals surface area contributed by atoms with Crippen molar-refractivity contribution in [3.05, 3.63) is 0 Å². The zero-order valence-electron chi connectivity index (χ0n) is 10.8. The highest BCUT2D eigenvalue weighted by Gasteiger charge is 2.17. The molecule has 1 N–H and O–H groups in total. The number of esters is 1. The molecule has 16 heavy (non-hydrogen) atoms. The van der Waals surface area contributed by atoms with Crippen LogP contribution in [0.2, 0.25) is 0 Å². The molecule has 0 aliphatic carbocycles. The van der Waals surface area contributed by atoms with E-state index in [0.29, 0.717) is 13.0 Å². The summed E-state index contributed by atoms with van der Waals surface area (Å²) in [6.45, 7) is 6.41. The highest BCUT2D eigenvalue weighted by atomic mass is 16.5. The van der Waals surface area contributed by atoms with Crippen LogP contribution in [-0.4, -0.2) is 38.9 Å². The molecule has 0 fully saturated rings. The van der Waals surface area contributed by atoms with E-state index in [1.165, 1.54) is 7.11 Å². The number of hydrogen-bond donors (Lipinski definition) is 1. The molecule has 0 aliphatic rings. The molecule has 0 saturated heterocycles. The quantitative estimate of drug-likeness (QED) is 0.459. The van der Waals surface area contributed by atoms with E-state index >= 15 is 0 Å². The van der Waals surface area contributed by atoms with Crippen molar-refractivity contribution in [1.29, 1.82) is 0 Å². The second kappa shape index (κ2) is 10.9. The molecule has 96 valence electrons. The predicted molar refractivity (Wildman–Crippen MR) is 64.4 cm³/mol. The van der Waals surface area contributed by atoms with Crippen molar-refractivity contribution in [1.82, 2.24) is 5.32 Å². The van der Waals surface area contributed by atoms with Gasteiger partial charge < -0.3 is 14.8 Å². The van der Waals surface area contributed by atoms with Crippen molar-refractivity contribution in [3.8, 4) is 0 Å². The first-order chi connectivity index (χ1) is 7.76. The van der Waals surface area contributed by atoms with Crippen LogP contribution in [0.1, 0.15) is 39.5 Å². The molecule has 0 radical (unpaired) electrons. The second-order valence-corrected chi connectivity index (χ2v) is 3.78. The van der Waals surface area contributed by atoms with Crippen LogP contribution >= 0.6 is 0 Å².